The van der Waals surface area contributed by atoms with Crippen molar-refractivity contribution in [1.29, 1.82) is 0 Å². The minimum Gasteiger partial charge on any atom is -0.456 e. The Hall–Kier alpha value is -4.34. The highest BCUT2D eigenvalue weighted by atomic mass is 16.5. The van der Waals surface area contributed by atoms with Crippen molar-refractivity contribution in [3.8, 4) is 22.8 Å². The van der Waals surface area contributed by atoms with Crippen LogP contribution in [0.25, 0.3) is 11.3 Å². The summed E-state index contributed by atoms with van der Waals surface area (Å²) in [6.07, 6.45) is 8.31. The summed E-state index contributed by atoms with van der Waals surface area (Å²) in [5.41, 5.74) is 1.47. The summed E-state index contributed by atoms with van der Waals surface area (Å²) >= 11 is 0. The number of anilines is 1. The summed E-state index contributed by atoms with van der Waals surface area (Å²) in [5, 5.41) is 9.48. The molecule has 1 amide bonds. The molecule has 2 N–H and O–H groups in total. The van der Waals surface area contributed by atoms with Gasteiger partial charge in [0.25, 0.3) is 5.91 Å². The van der Waals surface area contributed by atoms with Crippen molar-refractivity contribution in [2.45, 2.75) is 6.92 Å². The van der Waals surface area contributed by atoms with Crippen LogP contribution >= 0.6 is 0 Å². The van der Waals surface area contributed by atoms with Crippen molar-refractivity contribution in [3.63, 3.8) is 0 Å². The van der Waals surface area contributed by atoms with Gasteiger partial charge in [0.15, 0.2) is 6.29 Å². The SMILES string of the molecule is CN/C(C)=N\C=C(/C=O)C(=O)Nc1ccc(Oc2ccnc(-c3cnn(C)c3)c2)cn1. The molecule has 0 unspecified atom stereocenters. The van der Waals surface area contributed by atoms with Crippen LogP contribution in [-0.2, 0) is 16.6 Å². The lowest BCUT2D eigenvalue weighted by Crippen LogP contribution is -2.17. The van der Waals surface area contributed by atoms with Crippen molar-refractivity contribution < 1.29 is 14.3 Å². The van der Waals surface area contributed by atoms with Gasteiger partial charge < -0.3 is 15.4 Å². The average molecular weight is 419 g/mol. The van der Waals surface area contributed by atoms with Crippen LogP contribution in [0.15, 0.2) is 65.8 Å². The van der Waals surface area contributed by atoms with Crippen LogP contribution in [0.2, 0.25) is 0 Å². The van der Waals surface area contributed by atoms with Gasteiger partial charge in [-0.2, -0.15) is 5.10 Å². The molecule has 31 heavy (non-hydrogen) atoms. The Balaban J connectivity index is 1.67. The molecule has 0 spiro atoms. The first kappa shape index (κ1) is 21.4. The molecule has 158 valence electrons. The number of ether oxygens (including phenoxy) is 1. The van der Waals surface area contributed by atoms with E-state index in [1.165, 1.54) is 12.4 Å². The van der Waals surface area contributed by atoms with E-state index in [4.69, 9.17) is 4.74 Å². The Labute approximate surface area is 178 Å². The van der Waals surface area contributed by atoms with Crippen LogP contribution in [0.4, 0.5) is 5.82 Å². The zero-order valence-corrected chi connectivity index (χ0v) is 17.2. The number of carbonyl (C=O) groups is 2. The van der Waals surface area contributed by atoms with Gasteiger partial charge in [-0.05, 0) is 25.1 Å². The summed E-state index contributed by atoms with van der Waals surface area (Å²) in [7, 11) is 3.52. The lowest BCUT2D eigenvalue weighted by atomic mass is 10.2. The molecule has 3 aromatic rings. The van der Waals surface area contributed by atoms with Crippen LogP contribution in [0.1, 0.15) is 6.92 Å². The number of aryl methyl sites for hydroxylation is 1. The molecule has 0 radical (unpaired) electrons. The monoisotopic (exact) mass is 419 g/mol. The van der Waals surface area contributed by atoms with E-state index in [1.54, 1.807) is 55.3 Å². The normalized spacial score (nSPS) is 11.7. The lowest BCUT2D eigenvalue weighted by molar-refractivity contribution is -0.115. The third-order valence-corrected chi connectivity index (χ3v) is 4.09. The fourth-order valence-electron chi connectivity index (χ4n) is 2.40. The molecule has 3 aromatic heterocycles. The van der Waals surface area contributed by atoms with Crippen LogP contribution in [0, 0.1) is 0 Å². The number of amidine groups is 1. The molecule has 0 atom stereocenters. The third-order valence-electron chi connectivity index (χ3n) is 4.09. The van der Waals surface area contributed by atoms with Crippen molar-refractivity contribution in [2.75, 3.05) is 12.4 Å². The average Bonchev–Trinajstić information content (AvgIpc) is 3.22. The summed E-state index contributed by atoms with van der Waals surface area (Å²) in [6, 6.07) is 6.74. The first-order chi connectivity index (χ1) is 15.0. The molecule has 0 aromatic carbocycles. The lowest BCUT2D eigenvalue weighted by Gasteiger charge is -2.08. The van der Waals surface area contributed by atoms with E-state index < -0.39 is 5.91 Å². The van der Waals surface area contributed by atoms with Gasteiger partial charge in [0.2, 0.25) is 0 Å². The van der Waals surface area contributed by atoms with E-state index in [9.17, 15) is 9.59 Å². The molecule has 0 aliphatic carbocycles. The summed E-state index contributed by atoms with van der Waals surface area (Å²) in [5.74, 6) is 1.27. The Morgan fingerprint density at radius 2 is 2.03 bits per heavy atom. The molecule has 0 bridgehead atoms. The van der Waals surface area contributed by atoms with Gasteiger partial charge in [-0.15, -0.1) is 0 Å². The molecular weight excluding hydrogens is 398 g/mol. The second-order valence-electron chi connectivity index (χ2n) is 6.38. The van der Waals surface area contributed by atoms with Gasteiger partial charge in [0, 0.05) is 44.3 Å². The Morgan fingerprint density at radius 1 is 1.19 bits per heavy atom. The van der Waals surface area contributed by atoms with Crippen LogP contribution in [-0.4, -0.2) is 44.8 Å². The van der Waals surface area contributed by atoms with Gasteiger partial charge in [-0.25, -0.2) is 9.98 Å². The summed E-state index contributed by atoms with van der Waals surface area (Å²) in [4.78, 5) is 35.8. The maximum absolute atomic E-state index is 12.2. The Bertz CT molecular complexity index is 1130. The first-order valence-electron chi connectivity index (χ1n) is 9.26. The van der Waals surface area contributed by atoms with E-state index in [-0.39, 0.29) is 11.4 Å². The number of pyridine rings is 2. The number of aliphatic imine (C=N–C) groups is 1. The minimum atomic E-state index is -0.612. The maximum Gasteiger partial charge on any atom is 0.261 e. The topological polar surface area (TPSA) is 123 Å². The smallest absolute Gasteiger partial charge is 0.261 e. The second kappa shape index (κ2) is 9.92. The number of nitrogens with zero attached hydrogens (tertiary/aromatic N) is 5. The van der Waals surface area contributed by atoms with Gasteiger partial charge in [0.05, 0.1) is 29.5 Å². The molecule has 0 saturated heterocycles. The second-order valence-corrected chi connectivity index (χ2v) is 6.38. The van der Waals surface area contributed by atoms with E-state index in [1.807, 2.05) is 13.2 Å². The molecule has 0 aliphatic heterocycles. The largest absolute Gasteiger partial charge is 0.456 e. The standard InChI is InChI=1S/C21H21N7O3/c1-14(22-2)24-9-16(13-29)21(30)27-20-5-4-18(11-25-20)31-17-6-7-23-19(8-17)15-10-26-28(3)12-15/h4-13H,1-3H3,(H,22,24)(H,25,27,30)/b16-9+. The van der Waals surface area contributed by atoms with Crippen molar-refractivity contribution in [1.82, 2.24) is 25.1 Å². The quantitative estimate of drug-likeness (QED) is 0.150. The number of hydrogen-bond donors (Lipinski definition) is 2. The first-order valence-corrected chi connectivity index (χ1v) is 9.26. The van der Waals surface area contributed by atoms with Crippen LogP contribution < -0.4 is 15.4 Å². The Kier molecular flexibility index (Phi) is 6.84. The fourth-order valence-corrected chi connectivity index (χ4v) is 2.40. The predicted octanol–water partition coefficient (Wildman–Crippen LogP) is 2.33. The van der Waals surface area contributed by atoms with E-state index in [0.717, 1.165) is 11.3 Å². The van der Waals surface area contributed by atoms with Crippen molar-refractivity contribution in [2.24, 2.45) is 12.0 Å². The molecular formula is C21H21N7O3. The molecule has 10 nitrogen and oxygen atoms in total. The van der Waals surface area contributed by atoms with Crippen molar-refractivity contribution in [3.05, 3.63) is 60.8 Å². The number of rotatable bonds is 7. The molecule has 0 fully saturated rings. The van der Waals surface area contributed by atoms with E-state index >= 15 is 0 Å². The van der Waals surface area contributed by atoms with Crippen molar-refractivity contribution >= 4 is 23.8 Å². The minimum absolute atomic E-state index is 0.128. The highest BCUT2D eigenvalue weighted by molar-refractivity contribution is 6.16. The number of hydrogen-bond acceptors (Lipinski definition) is 7. The van der Waals surface area contributed by atoms with Gasteiger partial charge in [0.1, 0.15) is 17.3 Å². The number of carbonyl (C=O) groups excluding carboxylic acids is 2. The molecule has 3 heterocycles. The van der Waals surface area contributed by atoms with Crippen LogP contribution in [0.5, 0.6) is 11.5 Å². The predicted molar refractivity (Wildman–Crippen MR) is 116 cm³/mol. The zero-order valence-electron chi connectivity index (χ0n) is 17.2. The molecule has 3 rings (SSSR count). The Morgan fingerprint density at radius 3 is 2.68 bits per heavy atom. The molecule has 0 aliphatic rings. The maximum atomic E-state index is 12.2. The number of amides is 1. The zero-order chi connectivity index (χ0) is 22.2. The highest BCUT2D eigenvalue weighted by Crippen LogP contribution is 2.25. The highest BCUT2D eigenvalue weighted by Gasteiger charge is 2.10. The number of aldehydes is 1. The summed E-state index contributed by atoms with van der Waals surface area (Å²) < 4.78 is 7.51. The van der Waals surface area contributed by atoms with E-state index in [0.29, 0.717) is 23.6 Å². The van der Waals surface area contributed by atoms with Crippen LogP contribution in [0.3, 0.4) is 0 Å². The van der Waals surface area contributed by atoms with Gasteiger partial charge in [-0.1, -0.05) is 0 Å². The van der Waals surface area contributed by atoms with Gasteiger partial charge >= 0.3 is 0 Å². The van der Waals surface area contributed by atoms with E-state index in [2.05, 4.69) is 30.7 Å². The summed E-state index contributed by atoms with van der Waals surface area (Å²) in [6.45, 7) is 1.71. The van der Waals surface area contributed by atoms with Gasteiger partial charge in [-0.3, -0.25) is 19.3 Å². The number of nitrogens with one attached hydrogen (secondary N) is 2. The fraction of sp³-hybridized carbons (Fsp3) is 0.143. The third kappa shape index (κ3) is 5.82. The molecule has 0 saturated carbocycles. The molecule has 10 heteroatoms. The number of aromatic nitrogens is 4.